The van der Waals surface area contributed by atoms with Gasteiger partial charge >= 0.3 is 0 Å². The summed E-state index contributed by atoms with van der Waals surface area (Å²) >= 11 is 1.69. The molecule has 1 aromatic heterocycles. The molecule has 2 aromatic rings. The van der Waals surface area contributed by atoms with Gasteiger partial charge in [-0.15, -0.1) is 36.2 Å². The number of rotatable bonds is 6. The number of benzene rings is 1. The van der Waals surface area contributed by atoms with E-state index in [1.54, 1.807) is 11.3 Å². The SMILES string of the molecule is CN(C)C(CNC(=O)C(N)c1ccccc1)c1cccs1.Cl.Cl. The Bertz CT molecular complexity index is 564. The summed E-state index contributed by atoms with van der Waals surface area (Å²) in [5, 5.41) is 5.00. The third kappa shape index (κ3) is 6.12. The standard InChI is InChI=1S/C16H21N3OS.2ClH/c1-19(2)13(14-9-6-10-21-14)11-18-16(20)15(17)12-7-4-3-5-8-12;;/h3-10,13,15H,11,17H2,1-2H3,(H,18,20);2*1H. The van der Waals surface area contributed by atoms with E-state index < -0.39 is 6.04 Å². The second kappa shape index (κ2) is 10.6. The molecule has 2 rings (SSSR count). The number of carbonyl (C=O) groups is 1. The third-order valence-corrected chi connectivity index (χ3v) is 4.38. The lowest BCUT2D eigenvalue weighted by molar-refractivity contribution is -0.122. The highest BCUT2D eigenvalue weighted by atomic mass is 35.5. The highest BCUT2D eigenvalue weighted by Gasteiger charge is 2.19. The molecule has 0 bridgehead atoms. The summed E-state index contributed by atoms with van der Waals surface area (Å²) in [7, 11) is 4.02. The molecule has 1 heterocycles. The first-order chi connectivity index (χ1) is 10.1. The maximum absolute atomic E-state index is 12.2. The molecule has 0 aliphatic rings. The number of nitrogens with one attached hydrogen (secondary N) is 1. The van der Waals surface area contributed by atoms with E-state index in [0.717, 1.165) is 5.56 Å². The van der Waals surface area contributed by atoms with Gasteiger partial charge in [-0.05, 0) is 31.1 Å². The normalized spacial score (nSPS) is 12.7. The number of thiophene rings is 1. The average Bonchev–Trinajstić information content (AvgIpc) is 3.01. The van der Waals surface area contributed by atoms with Crippen LogP contribution in [0.25, 0.3) is 0 Å². The zero-order valence-electron chi connectivity index (χ0n) is 13.1. The van der Waals surface area contributed by atoms with Crippen molar-refractivity contribution in [2.45, 2.75) is 12.1 Å². The van der Waals surface area contributed by atoms with Gasteiger partial charge in [0.15, 0.2) is 0 Å². The lowest BCUT2D eigenvalue weighted by Crippen LogP contribution is -2.39. The molecule has 0 radical (unpaired) electrons. The average molecular weight is 376 g/mol. The van der Waals surface area contributed by atoms with Crippen LogP contribution in [0.15, 0.2) is 47.8 Å². The maximum Gasteiger partial charge on any atom is 0.241 e. The summed E-state index contributed by atoms with van der Waals surface area (Å²) in [4.78, 5) is 15.5. The molecule has 7 heteroatoms. The minimum absolute atomic E-state index is 0. The molecule has 128 valence electrons. The number of halogens is 2. The van der Waals surface area contributed by atoms with Crippen LogP contribution in [-0.4, -0.2) is 31.4 Å². The number of likely N-dealkylation sites (N-methyl/N-ethyl adjacent to an activating group) is 1. The molecule has 1 aromatic carbocycles. The largest absolute Gasteiger partial charge is 0.352 e. The Kier molecular flexibility index (Phi) is 10.1. The molecule has 23 heavy (non-hydrogen) atoms. The lowest BCUT2D eigenvalue weighted by atomic mass is 10.1. The quantitative estimate of drug-likeness (QED) is 0.815. The van der Waals surface area contributed by atoms with Crippen LogP contribution < -0.4 is 11.1 Å². The van der Waals surface area contributed by atoms with Crippen LogP contribution in [-0.2, 0) is 4.79 Å². The zero-order valence-corrected chi connectivity index (χ0v) is 15.6. The Morgan fingerprint density at radius 1 is 1.17 bits per heavy atom. The first kappa shape index (κ1) is 21.9. The van der Waals surface area contributed by atoms with Crippen LogP contribution in [0.2, 0.25) is 0 Å². The van der Waals surface area contributed by atoms with Crippen molar-refractivity contribution < 1.29 is 4.79 Å². The smallest absolute Gasteiger partial charge is 0.241 e. The molecular formula is C16H23Cl2N3OS. The van der Waals surface area contributed by atoms with Crippen LogP contribution in [0.1, 0.15) is 22.5 Å². The monoisotopic (exact) mass is 375 g/mol. The molecule has 0 spiro atoms. The van der Waals surface area contributed by atoms with Crippen LogP contribution in [0.3, 0.4) is 0 Å². The zero-order chi connectivity index (χ0) is 15.2. The van der Waals surface area contributed by atoms with E-state index in [9.17, 15) is 4.79 Å². The number of nitrogens with zero attached hydrogens (tertiary/aromatic N) is 1. The van der Waals surface area contributed by atoms with Crippen molar-refractivity contribution in [3.8, 4) is 0 Å². The summed E-state index contributed by atoms with van der Waals surface area (Å²) in [5.74, 6) is -0.149. The van der Waals surface area contributed by atoms with Gasteiger partial charge < -0.3 is 16.0 Å². The van der Waals surface area contributed by atoms with Crippen molar-refractivity contribution in [2.24, 2.45) is 5.73 Å². The molecule has 0 aliphatic carbocycles. The van der Waals surface area contributed by atoms with E-state index in [1.807, 2.05) is 55.9 Å². The van der Waals surface area contributed by atoms with Gasteiger partial charge in [0.2, 0.25) is 5.91 Å². The van der Waals surface area contributed by atoms with E-state index >= 15 is 0 Å². The number of hydrogen-bond acceptors (Lipinski definition) is 4. The van der Waals surface area contributed by atoms with E-state index in [4.69, 9.17) is 5.73 Å². The molecule has 1 amide bonds. The Morgan fingerprint density at radius 3 is 2.35 bits per heavy atom. The fourth-order valence-electron chi connectivity index (χ4n) is 2.14. The molecule has 2 atom stereocenters. The highest BCUT2D eigenvalue weighted by molar-refractivity contribution is 7.10. The topological polar surface area (TPSA) is 58.4 Å². The van der Waals surface area contributed by atoms with Crippen molar-refractivity contribution >= 4 is 42.1 Å². The fourth-order valence-corrected chi connectivity index (χ4v) is 3.06. The van der Waals surface area contributed by atoms with Crippen LogP contribution >= 0.6 is 36.2 Å². The van der Waals surface area contributed by atoms with Gasteiger partial charge in [-0.25, -0.2) is 0 Å². The van der Waals surface area contributed by atoms with Gasteiger partial charge in [-0.2, -0.15) is 0 Å². The lowest BCUT2D eigenvalue weighted by Gasteiger charge is -2.24. The Morgan fingerprint density at radius 2 is 1.83 bits per heavy atom. The third-order valence-electron chi connectivity index (χ3n) is 3.41. The second-order valence-corrected chi connectivity index (χ2v) is 6.11. The van der Waals surface area contributed by atoms with Crippen molar-refractivity contribution in [3.63, 3.8) is 0 Å². The number of hydrogen-bond donors (Lipinski definition) is 2. The molecule has 0 fully saturated rings. The second-order valence-electron chi connectivity index (χ2n) is 5.13. The van der Waals surface area contributed by atoms with E-state index in [0.29, 0.717) is 6.54 Å². The van der Waals surface area contributed by atoms with Crippen molar-refractivity contribution in [3.05, 3.63) is 58.3 Å². The molecule has 3 N–H and O–H groups in total. The highest BCUT2D eigenvalue weighted by Crippen LogP contribution is 2.22. The first-order valence-electron chi connectivity index (χ1n) is 6.87. The molecule has 0 saturated heterocycles. The fraction of sp³-hybridized carbons (Fsp3) is 0.312. The molecule has 4 nitrogen and oxygen atoms in total. The number of nitrogens with two attached hydrogens (primary N) is 1. The maximum atomic E-state index is 12.2. The van der Waals surface area contributed by atoms with Crippen LogP contribution in [0.5, 0.6) is 0 Å². The Labute approximate surface area is 153 Å². The molecule has 2 unspecified atom stereocenters. The van der Waals surface area contributed by atoms with Crippen LogP contribution in [0, 0.1) is 0 Å². The number of carbonyl (C=O) groups excluding carboxylic acids is 1. The molecule has 0 saturated carbocycles. The van der Waals surface area contributed by atoms with E-state index in [-0.39, 0.29) is 36.8 Å². The minimum Gasteiger partial charge on any atom is -0.352 e. The van der Waals surface area contributed by atoms with Crippen molar-refractivity contribution in [1.29, 1.82) is 0 Å². The van der Waals surface area contributed by atoms with Crippen molar-refractivity contribution in [2.75, 3.05) is 20.6 Å². The van der Waals surface area contributed by atoms with Gasteiger partial charge in [0, 0.05) is 11.4 Å². The molecular weight excluding hydrogens is 353 g/mol. The summed E-state index contributed by atoms with van der Waals surface area (Å²) in [5.41, 5.74) is 6.82. The predicted molar refractivity (Wildman–Crippen MR) is 102 cm³/mol. The summed E-state index contributed by atoms with van der Waals surface area (Å²) < 4.78 is 0. The van der Waals surface area contributed by atoms with E-state index in [1.165, 1.54) is 4.88 Å². The van der Waals surface area contributed by atoms with Crippen LogP contribution in [0.4, 0.5) is 0 Å². The minimum atomic E-state index is -0.627. The Hall–Kier alpha value is -1.11. The van der Waals surface area contributed by atoms with Gasteiger partial charge in [-0.3, -0.25) is 4.79 Å². The predicted octanol–water partition coefficient (Wildman–Crippen LogP) is 3.01. The summed E-state index contributed by atoms with van der Waals surface area (Å²) in [6.07, 6.45) is 0. The van der Waals surface area contributed by atoms with Gasteiger partial charge in [0.25, 0.3) is 0 Å². The van der Waals surface area contributed by atoms with E-state index in [2.05, 4.69) is 16.3 Å². The van der Waals surface area contributed by atoms with Gasteiger partial charge in [0.05, 0.1) is 6.04 Å². The van der Waals surface area contributed by atoms with Gasteiger partial charge in [-0.1, -0.05) is 36.4 Å². The van der Waals surface area contributed by atoms with Gasteiger partial charge in [0.1, 0.15) is 6.04 Å². The Balaban J connectivity index is 0.00000242. The summed E-state index contributed by atoms with van der Waals surface area (Å²) in [6.45, 7) is 0.548. The first-order valence-corrected chi connectivity index (χ1v) is 7.75. The molecule has 0 aliphatic heterocycles. The summed E-state index contributed by atoms with van der Waals surface area (Å²) in [6, 6.07) is 13.1. The van der Waals surface area contributed by atoms with Crippen molar-refractivity contribution in [1.82, 2.24) is 10.2 Å². The number of amides is 1.